The molecule has 1 fully saturated rings. The Morgan fingerprint density at radius 1 is 1.10 bits per heavy atom. The van der Waals surface area contributed by atoms with Crippen molar-refractivity contribution in [2.45, 2.75) is 121 Å². The van der Waals surface area contributed by atoms with E-state index in [9.17, 15) is 20.0 Å². The minimum absolute atomic E-state index is 0.0169. The number of esters is 2. The Balaban J connectivity index is 1.55. The zero-order chi connectivity index (χ0) is 29.3. The minimum Gasteiger partial charge on any atom is -0.461 e. The quantitative estimate of drug-likeness (QED) is 0.106. The van der Waals surface area contributed by atoms with E-state index in [4.69, 9.17) is 9.47 Å². The molecule has 3 rings (SSSR count). The molecule has 0 spiro atoms. The molecule has 220 valence electrons. The fraction of sp³-hybridized carbons (Fsp3) is 0.656. The van der Waals surface area contributed by atoms with E-state index in [1.807, 2.05) is 26.0 Å². The molecule has 8 heteroatoms. The highest BCUT2D eigenvalue weighted by Gasteiger charge is 2.31. The van der Waals surface area contributed by atoms with Crippen molar-refractivity contribution in [2.75, 3.05) is 6.61 Å². The Hall–Kier alpha value is -1.95. The van der Waals surface area contributed by atoms with Gasteiger partial charge in [0.15, 0.2) is 5.57 Å². The van der Waals surface area contributed by atoms with Gasteiger partial charge in [0.05, 0.1) is 27.3 Å². The number of hydrogen-bond donors (Lipinski definition) is 1. The summed E-state index contributed by atoms with van der Waals surface area (Å²) in [5.41, 5.74) is -0.0628. The van der Waals surface area contributed by atoms with Gasteiger partial charge in [-0.15, -0.1) is 0 Å². The number of rotatable bonds is 13. The molecule has 0 bridgehead atoms. The summed E-state index contributed by atoms with van der Waals surface area (Å²) in [5.74, 6) is 1.01. The van der Waals surface area contributed by atoms with E-state index in [1.165, 1.54) is 74.9 Å². The van der Waals surface area contributed by atoms with Crippen LogP contribution in [0.1, 0.15) is 104 Å². The highest BCUT2D eigenvalue weighted by atomic mass is 32.2. The second-order valence-electron chi connectivity index (χ2n) is 12.0. The summed E-state index contributed by atoms with van der Waals surface area (Å²) in [7, 11) is 0. The van der Waals surface area contributed by atoms with Crippen LogP contribution in [0.4, 0.5) is 0 Å². The van der Waals surface area contributed by atoms with Gasteiger partial charge in [0.25, 0.3) is 0 Å². The van der Waals surface area contributed by atoms with Gasteiger partial charge < -0.3 is 14.6 Å². The molecule has 1 aromatic rings. The Bertz CT molecular complexity index is 1110. The van der Waals surface area contributed by atoms with Gasteiger partial charge >= 0.3 is 11.9 Å². The van der Waals surface area contributed by atoms with E-state index in [0.717, 1.165) is 40.0 Å². The molecular formula is C32H45NO5S2. The standard InChI is InChI=1S/C32H45NO5S2/c1-6-7-10-23-13-15-24(16-14-23)11-8-9-22(3)29(34)38-26-17-12-21(2)27-28(26)40-31(39-27)25(20-33)30(35)37-19-18-32(4,5)36/h12,17,22-24,36H,6-11,13-16,18-19H2,1-5H3/b31-25-. The minimum atomic E-state index is -0.965. The molecule has 40 heavy (non-hydrogen) atoms. The maximum atomic E-state index is 13.0. The van der Waals surface area contributed by atoms with Gasteiger partial charge in [-0.05, 0) is 50.7 Å². The normalized spacial score (nSPS) is 20.8. The summed E-state index contributed by atoms with van der Waals surface area (Å²) in [6.45, 7) is 9.44. The summed E-state index contributed by atoms with van der Waals surface area (Å²) >= 11 is 2.59. The van der Waals surface area contributed by atoms with Gasteiger partial charge in [-0.1, -0.05) is 101 Å². The summed E-state index contributed by atoms with van der Waals surface area (Å²) < 4.78 is 11.6. The first-order valence-corrected chi connectivity index (χ1v) is 16.4. The molecule has 0 saturated heterocycles. The first kappa shape index (κ1) is 32.6. The summed E-state index contributed by atoms with van der Waals surface area (Å²) in [4.78, 5) is 27.2. The van der Waals surface area contributed by atoms with E-state index >= 15 is 0 Å². The lowest BCUT2D eigenvalue weighted by Gasteiger charge is -2.28. The predicted molar refractivity (Wildman–Crippen MR) is 161 cm³/mol. The number of carbonyl (C=O) groups excluding carboxylic acids is 2. The van der Waals surface area contributed by atoms with Gasteiger partial charge in [-0.2, -0.15) is 5.26 Å². The molecule has 0 aromatic heterocycles. The first-order chi connectivity index (χ1) is 19.0. The van der Waals surface area contributed by atoms with Gasteiger partial charge in [-0.3, -0.25) is 4.79 Å². The molecule has 1 heterocycles. The van der Waals surface area contributed by atoms with Crippen molar-refractivity contribution in [2.24, 2.45) is 17.8 Å². The second-order valence-corrected chi connectivity index (χ2v) is 14.3. The maximum Gasteiger partial charge on any atom is 0.350 e. The summed E-state index contributed by atoms with van der Waals surface area (Å²) in [6.07, 6.45) is 12.7. The number of unbranched alkanes of at least 4 members (excludes halogenated alkanes) is 1. The number of fused-ring (bicyclic) bond motifs is 1. The number of ether oxygens (including phenoxy) is 2. The third kappa shape index (κ3) is 9.56. The van der Waals surface area contributed by atoms with Crippen molar-refractivity contribution in [1.82, 2.24) is 0 Å². The molecule has 1 aliphatic carbocycles. The van der Waals surface area contributed by atoms with Gasteiger partial charge in [0.2, 0.25) is 0 Å². The van der Waals surface area contributed by atoms with E-state index in [0.29, 0.717) is 9.99 Å². The van der Waals surface area contributed by atoms with Crippen molar-refractivity contribution in [3.8, 4) is 11.8 Å². The average molecular weight is 588 g/mol. The van der Waals surface area contributed by atoms with E-state index in [2.05, 4.69) is 6.92 Å². The molecule has 1 atom stereocenters. The topological polar surface area (TPSA) is 96.6 Å². The fourth-order valence-corrected chi connectivity index (χ4v) is 7.87. The third-order valence-electron chi connectivity index (χ3n) is 7.92. The number of hydrogen-bond acceptors (Lipinski definition) is 8. The molecule has 0 radical (unpaired) electrons. The molecular weight excluding hydrogens is 542 g/mol. The fourth-order valence-electron chi connectivity index (χ4n) is 5.24. The van der Waals surface area contributed by atoms with Gasteiger partial charge in [0, 0.05) is 11.3 Å². The number of aryl methyl sites for hydroxylation is 1. The van der Waals surface area contributed by atoms with Crippen molar-refractivity contribution < 1.29 is 24.2 Å². The van der Waals surface area contributed by atoms with E-state index in [1.54, 1.807) is 19.9 Å². The van der Waals surface area contributed by atoms with Crippen LogP contribution in [-0.4, -0.2) is 29.3 Å². The lowest BCUT2D eigenvalue weighted by Crippen LogP contribution is -2.22. The summed E-state index contributed by atoms with van der Waals surface area (Å²) in [6, 6.07) is 5.67. The Morgan fingerprint density at radius 2 is 1.73 bits per heavy atom. The molecule has 6 nitrogen and oxygen atoms in total. The average Bonchev–Trinajstić information content (AvgIpc) is 3.35. The number of aliphatic hydroxyl groups is 1. The SMILES string of the molecule is CCCCC1CCC(CCCC(C)C(=O)Oc2ccc(C)c3c2S/C(=C(/C#N)C(=O)OCCC(C)(C)O)S3)CC1. The molecule has 1 saturated carbocycles. The summed E-state index contributed by atoms with van der Waals surface area (Å²) in [5, 5.41) is 19.6. The molecule has 1 aromatic carbocycles. The first-order valence-electron chi connectivity index (χ1n) is 14.8. The zero-order valence-corrected chi connectivity index (χ0v) is 26.3. The van der Waals surface area contributed by atoms with Crippen LogP contribution in [-0.2, 0) is 14.3 Å². The molecule has 2 aliphatic rings. The predicted octanol–water partition coefficient (Wildman–Crippen LogP) is 8.34. The van der Waals surface area contributed by atoms with Crippen LogP contribution in [0.25, 0.3) is 0 Å². The smallest absolute Gasteiger partial charge is 0.350 e. The van der Waals surface area contributed by atoms with Crippen LogP contribution in [0, 0.1) is 36.0 Å². The molecule has 1 aliphatic heterocycles. The van der Waals surface area contributed by atoms with E-state index in [-0.39, 0.29) is 30.5 Å². The highest BCUT2D eigenvalue weighted by Crippen LogP contribution is 2.57. The Kier molecular flexibility index (Phi) is 12.5. The maximum absolute atomic E-state index is 13.0. The number of nitrogens with zero attached hydrogens (tertiary/aromatic N) is 1. The van der Waals surface area contributed by atoms with Crippen LogP contribution in [0.5, 0.6) is 5.75 Å². The molecule has 1 N–H and O–H groups in total. The number of nitriles is 1. The lowest BCUT2D eigenvalue weighted by atomic mass is 9.78. The van der Waals surface area contributed by atoms with Crippen LogP contribution in [0.3, 0.4) is 0 Å². The van der Waals surface area contributed by atoms with Crippen LogP contribution in [0.2, 0.25) is 0 Å². The number of benzene rings is 1. The van der Waals surface area contributed by atoms with Gasteiger partial charge in [-0.25, -0.2) is 4.79 Å². The van der Waals surface area contributed by atoms with Crippen molar-refractivity contribution in [1.29, 1.82) is 5.26 Å². The van der Waals surface area contributed by atoms with Crippen LogP contribution in [0.15, 0.2) is 31.7 Å². The number of carbonyl (C=O) groups is 2. The van der Waals surface area contributed by atoms with Gasteiger partial charge in [0.1, 0.15) is 11.8 Å². The van der Waals surface area contributed by atoms with E-state index < -0.39 is 11.6 Å². The molecule has 1 unspecified atom stereocenters. The Morgan fingerprint density at radius 3 is 2.33 bits per heavy atom. The highest BCUT2D eigenvalue weighted by molar-refractivity contribution is 8.24. The monoisotopic (exact) mass is 587 g/mol. The van der Waals surface area contributed by atoms with Crippen molar-refractivity contribution in [3.63, 3.8) is 0 Å². The zero-order valence-electron chi connectivity index (χ0n) is 24.7. The third-order valence-corrected chi connectivity index (χ3v) is 10.7. The number of thioether (sulfide) groups is 2. The van der Waals surface area contributed by atoms with Crippen molar-refractivity contribution >= 4 is 35.5 Å². The molecule has 0 amide bonds. The lowest BCUT2D eigenvalue weighted by molar-refractivity contribution is -0.140. The Labute approximate surface area is 248 Å². The van der Waals surface area contributed by atoms with Crippen LogP contribution < -0.4 is 4.74 Å². The van der Waals surface area contributed by atoms with Crippen LogP contribution >= 0.6 is 23.5 Å². The van der Waals surface area contributed by atoms with Crippen molar-refractivity contribution in [3.05, 3.63) is 27.5 Å². The largest absolute Gasteiger partial charge is 0.461 e. The second kappa shape index (κ2) is 15.3.